The second-order valence-electron chi connectivity index (χ2n) is 4.85. The van der Waals surface area contributed by atoms with Crippen molar-refractivity contribution in [3.8, 4) is 0 Å². The van der Waals surface area contributed by atoms with Crippen LogP contribution >= 0.6 is 0 Å². The fraction of sp³-hybridized carbons (Fsp3) is 0.571. The molecule has 1 nitrogen and oxygen atoms in total. The van der Waals surface area contributed by atoms with Crippen molar-refractivity contribution in [1.29, 1.82) is 0 Å². The number of hydrogen-bond acceptors (Lipinski definition) is 1. The minimum absolute atomic E-state index is 0. The Bertz CT molecular complexity index is 358. The van der Waals surface area contributed by atoms with E-state index < -0.39 is 0 Å². The van der Waals surface area contributed by atoms with Gasteiger partial charge in [-0.25, -0.2) is 4.39 Å². The summed E-state index contributed by atoms with van der Waals surface area (Å²) in [4.78, 5) is 2.27. The largest absolute Gasteiger partial charge is 0.366 e. The first kappa shape index (κ1) is 16.0. The Morgan fingerprint density at radius 1 is 1.18 bits per heavy atom. The third-order valence-electron chi connectivity index (χ3n) is 2.75. The predicted octanol–water partition coefficient (Wildman–Crippen LogP) is 3.63. The third kappa shape index (κ3) is 3.48. The van der Waals surface area contributed by atoms with Crippen molar-refractivity contribution in [2.45, 2.75) is 46.6 Å². The third-order valence-corrected chi connectivity index (χ3v) is 2.75. The molecule has 1 aliphatic rings. The normalized spacial score (nSPS) is 13.4. The van der Waals surface area contributed by atoms with Gasteiger partial charge in [0.2, 0.25) is 0 Å². The zero-order valence-electron chi connectivity index (χ0n) is 11.5. The predicted molar refractivity (Wildman–Crippen MR) is 74.3 cm³/mol. The lowest BCUT2D eigenvalue weighted by Gasteiger charge is -2.34. The first-order chi connectivity index (χ1) is 7.48. The highest BCUT2D eigenvalue weighted by atomic mass is 19.1. The van der Waals surface area contributed by atoms with Crippen LogP contribution in [0.2, 0.25) is 0 Å². The van der Waals surface area contributed by atoms with Gasteiger partial charge in [-0.15, -0.1) is 0 Å². The minimum Gasteiger partial charge on any atom is -0.366 e. The molecular weight excluding hydrogens is 212 g/mol. The monoisotopic (exact) mass is 234 g/mol. The van der Waals surface area contributed by atoms with Crippen molar-refractivity contribution >= 4 is 14.1 Å². The molecular formula is C14H22BFN. The van der Waals surface area contributed by atoms with Gasteiger partial charge in [-0.05, 0) is 44.9 Å². The van der Waals surface area contributed by atoms with E-state index >= 15 is 0 Å². The maximum atomic E-state index is 13.1. The van der Waals surface area contributed by atoms with E-state index in [-0.39, 0.29) is 19.8 Å². The van der Waals surface area contributed by atoms with E-state index in [1.165, 1.54) is 5.56 Å². The average molecular weight is 234 g/mol. The zero-order valence-corrected chi connectivity index (χ0v) is 11.5. The van der Waals surface area contributed by atoms with Crippen LogP contribution in [0.5, 0.6) is 0 Å². The Labute approximate surface area is 107 Å². The molecule has 0 N–H and O–H groups in total. The molecule has 3 radical (unpaired) electrons. The summed E-state index contributed by atoms with van der Waals surface area (Å²) in [5.41, 5.74) is 2.41. The Morgan fingerprint density at radius 2 is 1.76 bits per heavy atom. The molecule has 0 aromatic heterocycles. The smallest absolute Gasteiger partial charge is 0.125 e. The first-order valence-corrected chi connectivity index (χ1v) is 6.04. The van der Waals surface area contributed by atoms with Gasteiger partial charge in [-0.1, -0.05) is 19.9 Å². The van der Waals surface area contributed by atoms with E-state index in [2.05, 4.69) is 25.7 Å². The SMILES string of the molecule is CC.CC(C)(C)N1CCc2ccc(F)cc21.[B]. The van der Waals surface area contributed by atoms with Crippen molar-refractivity contribution < 1.29 is 4.39 Å². The van der Waals surface area contributed by atoms with Crippen LogP contribution in [0.4, 0.5) is 10.1 Å². The summed E-state index contributed by atoms with van der Waals surface area (Å²) in [5.74, 6) is -0.139. The molecule has 0 saturated heterocycles. The molecule has 17 heavy (non-hydrogen) atoms. The van der Waals surface area contributed by atoms with Crippen molar-refractivity contribution in [1.82, 2.24) is 0 Å². The van der Waals surface area contributed by atoms with E-state index in [4.69, 9.17) is 0 Å². The average Bonchev–Trinajstić information content (AvgIpc) is 2.63. The number of hydrogen-bond donors (Lipinski definition) is 0. The van der Waals surface area contributed by atoms with Crippen LogP contribution in [0.3, 0.4) is 0 Å². The molecule has 0 amide bonds. The van der Waals surface area contributed by atoms with Gasteiger partial charge in [0.1, 0.15) is 5.82 Å². The van der Waals surface area contributed by atoms with E-state index in [0.29, 0.717) is 0 Å². The van der Waals surface area contributed by atoms with Crippen LogP contribution in [0.1, 0.15) is 40.2 Å². The maximum absolute atomic E-state index is 13.1. The van der Waals surface area contributed by atoms with Gasteiger partial charge in [-0.3, -0.25) is 0 Å². The summed E-state index contributed by atoms with van der Waals surface area (Å²) < 4.78 is 13.1. The van der Waals surface area contributed by atoms with Crippen LogP contribution in [-0.4, -0.2) is 20.5 Å². The lowest BCUT2D eigenvalue weighted by Crippen LogP contribution is -2.40. The Kier molecular flexibility index (Phi) is 5.73. The number of rotatable bonds is 0. The summed E-state index contributed by atoms with van der Waals surface area (Å²) in [6, 6.07) is 5.09. The molecule has 3 heteroatoms. The van der Waals surface area contributed by atoms with Gasteiger partial charge in [0.15, 0.2) is 0 Å². The van der Waals surface area contributed by atoms with Crippen molar-refractivity contribution in [3.63, 3.8) is 0 Å². The number of halogens is 1. The standard InChI is InChI=1S/C12H16FN.C2H6.B/c1-12(2,3)14-7-6-9-4-5-10(13)8-11(9)14;1-2;/h4-5,8H,6-7H2,1-3H3;1-2H3;. The lowest BCUT2D eigenvalue weighted by atomic mass is 10.1. The van der Waals surface area contributed by atoms with Crippen LogP contribution in [0.25, 0.3) is 0 Å². The van der Waals surface area contributed by atoms with Gasteiger partial charge >= 0.3 is 0 Å². The highest BCUT2D eigenvalue weighted by Crippen LogP contribution is 2.33. The number of benzene rings is 1. The molecule has 0 fully saturated rings. The van der Waals surface area contributed by atoms with Gasteiger partial charge in [0.05, 0.1) is 0 Å². The topological polar surface area (TPSA) is 3.24 Å². The molecule has 0 saturated carbocycles. The summed E-state index contributed by atoms with van der Waals surface area (Å²) in [6.07, 6.45) is 1.03. The molecule has 0 unspecified atom stereocenters. The number of anilines is 1. The van der Waals surface area contributed by atoms with Crippen molar-refractivity contribution in [2.75, 3.05) is 11.4 Å². The minimum atomic E-state index is -0.139. The van der Waals surface area contributed by atoms with E-state index in [0.717, 1.165) is 18.7 Å². The fourth-order valence-electron chi connectivity index (χ4n) is 2.05. The molecule has 0 bridgehead atoms. The quantitative estimate of drug-likeness (QED) is 0.619. The Morgan fingerprint density at radius 3 is 2.29 bits per heavy atom. The zero-order chi connectivity index (χ0) is 12.3. The highest BCUT2D eigenvalue weighted by molar-refractivity contribution is 5.75. The number of fused-ring (bicyclic) bond motifs is 1. The summed E-state index contributed by atoms with van der Waals surface area (Å²) in [5, 5.41) is 0. The van der Waals surface area contributed by atoms with Crippen LogP contribution < -0.4 is 4.90 Å². The van der Waals surface area contributed by atoms with Crippen LogP contribution in [0, 0.1) is 5.82 Å². The Hall–Kier alpha value is -0.985. The molecule has 0 atom stereocenters. The molecule has 0 aliphatic carbocycles. The summed E-state index contributed by atoms with van der Waals surface area (Å²) >= 11 is 0. The van der Waals surface area contributed by atoms with E-state index in [1.54, 1.807) is 12.1 Å². The summed E-state index contributed by atoms with van der Waals surface area (Å²) in [7, 11) is 0. The van der Waals surface area contributed by atoms with Gasteiger partial charge in [0.25, 0.3) is 0 Å². The molecule has 1 aromatic carbocycles. The van der Waals surface area contributed by atoms with Gasteiger partial charge in [0, 0.05) is 26.2 Å². The lowest BCUT2D eigenvalue weighted by molar-refractivity contribution is 0.517. The molecule has 1 aromatic rings. The fourth-order valence-corrected chi connectivity index (χ4v) is 2.05. The number of nitrogens with zero attached hydrogens (tertiary/aromatic N) is 1. The van der Waals surface area contributed by atoms with Crippen molar-refractivity contribution in [2.24, 2.45) is 0 Å². The van der Waals surface area contributed by atoms with E-state index in [9.17, 15) is 4.39 Å². The van der Waals surface area contributed by atoms with E-state index in [1.807, 2.05) is 19.9 Å². The molecule has 2 rings (SSSR count). The highest BCUT2D eigenvalue weighted by Gasteiger charge is 2.28. The summed E-state index contributed by atoms with van der Waals surface area (Å²) in [6.45, 7) is 11.5. The van der Waals surface area contributed by atoms with Crippen LogP contribution in [-0.2, 0) is 6.42 Å². The first-order valence-electron chi connectivity index (χ1n) is 6.04. The molecule has 1 heterocycles. The molecule has 0 spiro atoms. The van der Waals surface area contributed by atoms with Crippen LogP contribution in [0.15, 0.2) is 18.2 Å². The Balaban J connectivity index is 0.000000811. The van der Waals surface area contributed by atoms with Gasteiger partial charge < -0.3 is 4.90 Å². The molecule has 1 aliphatic heterocycles. The maximum Gasteiger partial charge on any atom is 0.125 e. The second kappa shape index (κ2) is 6.09. The molecule has 93 valence electrons. The van der Waals surface area contributed by atoms with Gasteiger partial charge in [-0.2, -0.15) is 0 Å². The second-order valence-corrected chi connectivity index (χ2v) is 4.85. The van der Waals surface area contributed by atoms with Crippen molar-refractivity contribution in [3.05, 3.63) is 29.6 Å².